The standard InChI is InChI=1S/C22H22N4O6S/c1-15-11-12-16(24-22(27)14-23-17-7-3-5-9-19(17)26(28)29)13-21(15)33(30,31)25-18-8-4-6-10-20(18)32-2/h3-13,23,25H,14H2,1-2H3,(H,24,27). The summed E-state index contributed by atoms with van der Waals surface area (Å²) in [5.74, 6) is -0.137. The van der Waals surface area contributed by atoms with Crippen molar-refractivity contribution >= 4 is 38.7 Å². The number of hydrogen-bond acceptors (Lipinski definition) is 7. The second kappa shape index (κ2) is 10.0. The molecule has 0 aromatic heterocycles. The first-order valence-electron chi connectivity index (χ1n) is 9.75. The van der Waals surface area contributed by atoms with Crippen molar-refractivity contribution in [2.75, 3.05) is 29.0 Å². The van der Waals surface area contributed by atoms with Gasteiger partial charge in [0.15, 0.2) is 0 Å². The molecule has 0 saturated heterocycles. The van der Waals surface area contributed by atoms with E-state index >= 15 is 0 Å². The van der Waals surface area contributed by atoms with E-state index < -0.39 is 20.9 Å². The van der Waals surface area contributed by atoms with Crippen molar-refractivity contribution in [1.82, 2.24) is 0 Å². The number of nitro groups is 1. The summed E-state index contributed by atoms with van der Waals surface area (Å²) in [4.78, 5) is 22.9. The van der Waals surface area contributed by atoms with Crippen molar-refractivity contribution in [3.63, 3.8) is 0 Å². The number of nitrogens with zero attached hydrogens (tertiary/aromatic N) is 1. The number of aryl methyl sites for hydroxylation is 1. The smallest absolute Gasteiger partial charge is 0.292 e. The molecule has 3 aromatic carbocycles. The van der Waals surface area contributed by atoms with Gasteiger partial charge < -0.3 is 15.4 Å². The van der Waals surface area contributed by atoms with Crippen LogP contribution in [0.2, 0.25) is 0 Å². The van der Waals surface area contributed by atoms with E-state index in [9.17, 15) is 23.3 Å². The largest absolute Gasteiger partial charge is 0.495 e. The average Bonchev–Trinajstić information content (AvgIpc) is 2.79. The van der Waals surface area contributed by atoms with Crippen LogP contribution in [0.5, 0.6) is 5.75 Å². The molecule has 3 rings (SSSR count). The molecule has 172 valence electrons. The summed E-state index contributed by atoms with van der Waals surface area (Å²) in [5, 5.41) is 16.4. The number of methoxy groups -OCH3 is 1. The quantitative estimate of drug-likeness (QED) is 0.319. The highest BCUT2D eigenvalue weighted by molar-refractivity contribution is 7.92. The third kappa shape index (κ3) is 5.77. The Hall–Kier alpha value is -4.12. The molecule has 1 amide bonds. The zero-order valence-electron chi connectivity index (χ0n) is 17.9. The van der Waals surface area contributed by atoms with Crippen LogP contribution in [0.3, 0.4) is 0 Å². The van der Waals surface area contributed by atoms with Crippen LogP contribution in [-0.2, 0) is 14.8 Å². The van der Waals surface area contributed by atoms with Crippen LogP contribution in [0, 0.1) is 17.0 Å². The lowest BCUT2D eigenvalue weighted by Crippen LogP contribution is -2.22. The highest BCUT2D eigenvalue weighted by atomic mass is 32.2. The van der Waals surface area contributed by atoms with Crippen LogP contribution in [-0.4, -0.2) is 32.9 Å². The fourth-order valence-electron chi connectivity index (χ4n) is 3.06. The Bertz CT molecular complexity index is 1290. The molecule has 0 radical (unpaired) electrons. The van der Waals surface area contributed by atoms with E-state index in [0.717, 1.165) is 0 Å². The van der Waals surface area contributed by atoms with Gasteiger partial charge in [-0.1, -0.05) is 30.3 Å². The van der Waals surface area contributed by atoms with Gasteiger partial charge in [0.05, 0.1) is 29.2 Å². The molecular weight excluding hydrogens is 448 g/mol. The Labute approximate surface area is 190 Å². The molecule has 0 heterocycles. The van der Waals surface area contributed by atoms with Gasteiger partial charge in [-0.2, -0.15) is 0 Å². The topological polar surface area (TPSA) is 140 Å². The lowest BCUT2D eigenvalue weighted by molar-refractivity contribution is -0.383. The number of anilines is 3. The predicted octanol–water partition coefficient (Wildman–Crippen LogP) is 3.76. The van der Waals surface area contributed by atoms with E-state index in [2.05, 4.69) is 15.4 Å². The monoisotopic (exact) mass is 470 g/mol. The Morgan fingerprint density at radius 3 is 2.39 bits per heavy atom. The van der Waals surface area contributed by atoms with Gasteiger partial charge in [-0.3, -0.25) is 19.6 Å². The van der Waals surface area contributed by atoms with Crippen LogP contribution >= 0.6 is 0 Å². The van der Waals surface area contributed by atoms with Gasteiger partial charge >= 0.3 is 0 Å². The Morgan fingerprint density at radius 2 is 1.70 bits per heavy atom. The second-order valence-corrected chi connectivity index (χ2v) is 8.61. The van der Waals surface area contributed by atoms with Gasteiger partial charge in [-0.15, -0.1) is 0 Å². The number of benzene rings is 3. The highest BCUT2D eigenvalue weighted by Crippen LogP contribution is 2.28. The minimum Gasteiger partial charge on any atom is -0.495 e. The summed E-state index contributed by atoms with van der Waals surface area (Å²) in [6.07, 6.45) is 0. The molecule has 0 aliphatic rings. The molecule has 0 fully saturated rings. The van der Waals surface area contributed by atoms with Crippen LogP contribution in [0.4, 0.5) is 22.7 Å². The van der Waals surface area contributed by atoms with Crippen LogP contribution in [0.25, 0.3) is 0 Å². The molecule has 0 unspecified atom stereocenters. The maximum absolute atomic E-state index is 13.0. The number of nitro benzene ring substituents is 1. The Balaban J connectivity index is 1.75. The Morgan fingerprint density at radius 1 is 1.03 bits per heavy atom. The molecule has 33 heavy (non-hydrogen) atoms. The van der Waals surface area contributed by atoms with Gasteiger partial charge in [0.1, 0.15) is 11.4 Å². The third-order valence-corrected chi connectivity index (χ3v) is 6.16. The number of ether oxygens (including phenoxy) is 1. The van der Waals surface area contributed by atoms with Crippen molar-refractivity contribution in [3.8, 4) is 5.75 Å². The first-order chi connectivity index (χ1) is 15.7. The summed E-state index contributed by atoms with van der Waals surface area (Å²) in [6.45, 7) is 1.39. The first kappa shape index (κ1) is 23.5. The third-order valence-electron chi connectivity index (χ3n) is 4.65. The van der Waals surface area contributed by atoms with Crippen LogP contribution in [0.1, 0.15) is 5.56 Å². The van der Waals surface area contributed by atoms with E-state index in [1.807, 2.05) is 0 Å². The maximum Gasteiger partial charge on any atom is 0.292 e. The Kier molecular flexibility index (Phi) is 7.13. The molecule has 0 aliphatic heterocycles. The van der Waals surface area contributed by atoms with Crippen molar-refractivity contribution < 1.29 is 22.9 Å². The number of hydrogen-bond donors (Lipinski definition) is 3. The highest BCUT2D eigenvalue weighted by Gasteiger charge is 2.20. The van der Waals surface area contributed by atoms with E-state index in [0.29, 0.717) is 11.3 Å². The molecule has 0 spiro atoms. The molecule has 0 bridgehead atoms. The summed E-state index contributed by atoms with van der Waals surface area (Å²) in [6, 6.07) is 17.0. The van der Waals surface area contributed by atoms with Crippen LogP contribution in [0.15, 0.2) is 71.6 Å². The average molecular weight is 471 g/mol. The lowest BCUT2D eigenvalue weighted by atomic mass is 10.2. The number of para-hydroxylation sites is 4. The maximum atomic E-state index is 13.0. The van der Waals surface area contributed by atoms with Gasteiger partial charge in [0.2, 0.25) is 5.91 Å². The van der Waals surface area contributed by atoms with E-state index in [1.165, 1.54) is 31.4 Å². The number of rotatable bonds is 9. The SMILES string of the molecule is COc1ccccc1NS(=O)(=O)c1cc(NC(=O)CNc2ccccc2[N+](=O)[O-])ccc1C. The molecule has 10 nitrogen and oxygen atoms in total. The number of nitrogens with one attached hydrogen (secondary N) is 3. The summed E-state index contributed by atoms with van der Waals surface area (Å²) >= 11 is 0. The van der Waals surface area contributed by atoms with Gasteiger partial charge in [-0.25, -0.2) is 8.42 Å². The fourth-order valence-corrected chi connectivity index (χ4v) is 4.40. The van der Waals surface area contributed by atoms with Gasteiger partial charge in [-0.05, 0) is 42.8 Å². The molecule has 0 atom stereocenters. The zero-order valence-corrected chi connectivity index (χ0v) is 18.7. The lowest BCUT2D eigenvalue weighted by Gasteiger charge is -2.14. The summed E-state index contributed by atoms with van der Waals surface area (Å²) in [5.41, 5.74) is 1.06. The molecule has 11 heteroatoms. The molecule has 3 aromatic rings. The minimum atomic E-state index is -3.98. The van der Waals surface area contributed by atoms with E-state index in [-0.39, 0.29) is 34.2 Å². The van der Waals surface area contributed by atoms with Crippen molar-refractivity contribution in [3.05, 3.63) is 82.4 Å². The van der Waals surface area contributed by atoms with E-state index in [1.54, 1.807) is 49.4 Å². The van der Waals surface area contributed by atoms with Crippen molar-refractivity contribution in [2.45, 2.75) is 11.8 Å². The molecule has 3 N–H and O–H groups in total. The summed E-state index contributed by atoms with van der Waals surface area (Å²) in [7, 11) is -2.54. The zero-order chi connectivity index (χ0) is 24.0. The number of carbonyl (C=O) groups is 1. The van der Waals surface area contributed by atoms with E-state index in [4.69, 9.17) is 4.74 Å². The summed E-state index contributed by atoms with van der Waals surface area (Å²) < 4.78 is 33.7. The first-order valence-corrected chi connectivity index (χ1v) is 11.2. The van der Waals surface area contributed by atoms with Crippen LogP contribution < -0.4 is 20.1 Å². The normalized spacial score (nSPS) is 10.8. The minimum absolute atomic E-state index is 0.0159. The molecule has 0 saturated carbocycles. The van der Waals surface area contributed by atoms with Crippen molar-refractivity contribution in [1.29, 1.82) is 0 Å². The predicted molar refractivity (Wildman–Crippen MR) is 125 cm³/mol. The molecular formula is C22H22N4O6S. The number of amides is 1. The number of carbonyl (C=O) groups excluding carboxylic acids is 1. The van der Waals surface area contributed by atoms with Gasteiger partial charge in [0.25, 0.3) is 15.7 Å². The van der Waals surface area contributed by atoms with Crippen molar-refractivity contribution in [2.24, 2.45) is 0 Å². The fraction of sp³-hybridized carbons (Fsp3) is 0.136. The van der Waals surface area contributed by atoms with Gasteiger partial charge in [0, 0.05) is 11.8 Å². The second-order valence-electron chi connectivity index (χ2n) is 6.96. The number of sulfonamides is 1. The molecule has 0 aliphatic carbocycles.